The van der Waals surface area contributed by atoms with Crippen molar-refractivity contribution < 1.29 is 17.9 Å². The van der Waals surface area contributed by atoms with Gasteiger partial charge in [0, 0.05) is 19.3 Å². The van der Waals surface area contributed by atoms with Crippen LogP contribution in [0.1, 0.15) is 32.1 Å². The SMILES string of the molecule is FC(F)(F)CN1CCC(NCCCOCC2CC2)CC1. The highest BCUT2D eigenvalue weighted by Crippen LogP contribution is 2.28. The number of hydrogen-bond donors (Lipinski definition) is 1. The monoisotopic (exact) mass is 294 g/mol. The van der Waals surface area contributed by atoms with Crippen LogP contribution in [0.25, 0.3) is 0 Å². The van der Waals surface area contributed by atoms with Gasteiger partial charge in [-0.1, -0.05) is 0 Å². The molecule has 0 atom stereocenters. The zero-order chi connectivity index (χ0) is 14.4. The Morgan fingerprint density at radius 2 is 1.80 bits per heavy atom. The maximum absolute atomic E-state index is 12.2. The van der Waals surface area contributed by atoms with Crippen LogP contribution in [0.4, 0.5) is 13.2 Å². The Kier molecular flexibility index (Phi) is 6.11. The number of nitrogens with one attached hydrogen (secondary N) is 1. The van der Waals surface area contributed by atoms with E-state index in [1.165, 1.54) is 17.7 Å². The zero-order valence-corrected chi connectivity index (χ0v) is 11.9. The van der Waals surface area contributed by atoms with Gasteiger partial charge in [0.05, 0.1) is 6.54 Å². The van der Waals surface area contributed by atoms with Gasteiger partial charge in [0.25, 0.3) is 0 Å². The minimum atomic E-state index is -4.07. The van der Waals surface area contributed by atoms with Gasteiger partial charge in [0.15, 0.2) is 0 Å². The first kappa shape index (κ1) is 16.0. The predicted molar refractivity (Wildman–Crippen MR) is 71.7 cm³/mol. The number of rotatable bonds is 8. The van der Waals surface area contributed by atoms with Gasteiger partial charge in [-0.15, -0.1) is 0 Å². The van der Waals surface area contributed by atoms with Crippen molar-refractivity contribution in [1.82, 2.24) is 10.2 Å². The number of hydrogen-bond acceptors (Lipinski definition) is 3. The predicted octanol–water partition coefficient (Wildman–Crippen LogP) is 2.42. The molecule has 1 saturated carbocycles. The number of halogens is 3. The first-order valence-electron chi connectivity index (χ1n) is 7.63. The van der Waals surface area contributed by atoms with Gasteiger partial charge in [-0.2, -0.15) is 13.2 Å². The molecule has 1 aliphatic carbocycles. The number of piperidine rings is 1. The van der Waals surface area contributed by atoms with E-state index in [-0.39, 0.29) is 0 Å². The fourth-order valence-corrected chi connectivity index (χ4v) is 2.56. The summed E-state index contributed by atoms with van der Waals surface area (Å²) < 4.78 is 42.3. The topological polar surface area (TPSA) is 24.5 Å². The molecule has 2 aliphatic rings. The van der Waals surface area contributed by atoms with Crippen LogP contribution in [-0.4, -0.2) is 56.5 Å². The highest BCUT2D eigenvalue weighted by atomic mass is 19.4. The molecule has 2 rings (SSSR count). The molecule has 6 heteroatoms. The normalized spacial score (nSPS) is 22.4. The summed E-state index contributed by atoms with van der Waals surface area (Å²) in [6, 6.07) is 0.364. The molecule has 0 unspecified atom stereocenters. The van der Waals surface area contributed by atoms with Crippen LogP contribution in [0.5, 0.6) is 0 Å². The second kappa shape index (κ2) is 7.61. The minimum Gasteiger partial charge on any atom is -0.381 e. The molecule has 1 heterocycles. The average molecular weight is 294 g/mol. The summed E-state index contributed by atoms with van der Waals surface area (Å²) in [5.74, 6) is 0.806. The molecule has 1 aliphatic heterocycles. The third-order valence-electron chi connectivity index (χ3n) is 3.94. The van der Waals surface area contributed by atoms with Crippen LogP contribution in [0, 0.1) is 5.92 Å². The van der Waals surface area contributed by atoms with E-state index in [1.807, 2.05) is 0 Å². The lowest BCUT2D eigenvalue weighted by Crippen LogP contribution is -2.45. The summed E-state index contributed by atoms with van der Waals surface area (Å²) in [6.07, 6.45) is 1.15. The summed E-state index contributed by atoms with van der Waals surface area (Å²) in [4.78, 5) is 1.50. The van der Waals surface area contributed by atoms with E-state index in [4.69, 9.17) is 4.74 Å². The molecule has 118 valence electrons. The van der Waals surface area contributed by atoms with E-state index in [1.54, 1.807) is 0 Å². The van der Waals surface area contributed by atoms with Crippen LogP contribution < -0.4 is 5.32 Å². The second-order valence-electron chi connectivity index (χ2n) is 5.99. The second-order valence-corrected chi connectivity index (χ2v) is 5.99. The highest BCUT2D eigenvalue weighted by Gasteiger charge is 2.32. The standard InChI is InChI=1S/C14H25F3N2O/c15-14(16,17)11-19-7-4-13(5-8-19)18-6-1-9-20-10-12-2-3-12/h12-13,18H,1-11H2. The summed E-state index contributed by atoms with van der Waals surface area (Å²) in [5.41, 5.74) is 0. The Bertz CT molecular complexity index is 274. The van der Waals surface area contributed by atoms with Crippen molar-refractivity contribution in [3.05, 3.63) is 0 Å². The minimum absolute atomic E-state index is 0.364. The molecule has 0 bridgehead atoms. The molecule has 0 aromatic heterocycles. The summed E-state index contributed by atoms with van der Waals surface area (Å²) >= 11 is 0. The number of likely N-dealkylation sites (tertiary alicyclic amines) is 1. The Balaban J connectivity index is 1.44. The average Bonchev–Trinajstić information content (AvgIpc) is 3.18. The van der Waals surface area contributed by atoms with Gasteiger partial charge in [0.1, 0.15) is 0 Å². The molecule has 0 radical (unpaired) electrons. The maximum Gasteiger partial charge on any atom is 0.401 e. The maximum atomic E-state index is 12.2. The Morgan fingerprint density at radius 1 is 1.10 bits per heavy atom. The van der Waals surface area contributed by atoms with Gasteiger partial charge in [-0.3, -0.25) is 4.90 Å². The third kappa shape index (κ3) is 6.90. The summed E-state index contributed by atoms with van der Waals surface area (Å²) in [7, 11) is 0. The molecule has 2 fully saturated rings. The Morgan fingerprint density at radius 3 is 2.40 bits per heavy atom. The highest BCUT2D eigenvalue weighted by molar-refractivity contribution is 4.78. The van der Waals surface area contributed by atoms with Gasteiger partial charge >= 0.3 is 6.18 Å². The van der Waals surface area contributed by atoms with Crippen LogP contribution >= 0.6 is 0 Å². The molecule has 0 amide bonds. The van der Waals surface area contributed by atoms with E-state index in [0.717, 1.165) is 44.9 Å². The van der Waals surface area contributed by atoms with Gasteiger partial charge in [-0.25, -0.2) is 0 Å². The lowest BCUT2D eigenvalue weighted by atomic mass is 10.1. The van der Waals surface area contributed by atoms with E-state index < -0.39 is 12.7 Å². The molecule has 1 N–H and O–H groups in total. The van der Waals surface area contributed by atoms with Crippen molar-refractivity contribution in [2.75, 3.05) is 39.4 Å². The molecular weight excluding hydrogens is 269 g/mol. The van der Waals surface area contributed by atoms with Crippen molar-refractivity contribution in [3.63, 3.8) is 0 Å². The van der Waals surface area contributed by atoms with Crippen LogP contribution in [0.15, 0.2) is 0 Å². The Labute approximate surface area is 118 Å². The van der Waals surface area contributed by atoms with E-state index in [2.05, 4.69) is 5.32 Å². The Hall–Kier alpha value is -0.330. The lowest BCUT2D eigenvalue weighted by Gasteiger charge is -2.32. The van der Waals surface area contributed by atoms with Crippen LogP contribution in [0.2, 0.25) is 0 Å². The third-order valence-corrected chi connectivity index (χ3v) is 3.94. The zero-order valence-electron chi connectivity index (χ0n) is 11.9. The van der Waals surface area contributed by atoms with E-state index in [9.17, 15) is 13.2 Å². The van der Waals surface area contributed by atoms with E-state index in [0.29, 0.717) is 19.1 Å². The smallest absolute Gasteiger partial charge is 0.381 e. The fraction of sp³-hybridized carbons (Fsp3) is 1.00. The van der Waals surface area contributed by atoms with Crippen molar-refractivity contribution in [3.8, 4) is 0 Å². The number of ether oxygens (including phenoxy) is 1. The van der Waals surface area contributed by atoms with Crippen LogP contribution in [-0.2, 0) is 4.74 Å². The number of nitrogens with zero attached hydrogens (tertiary/aromatic N) is 1. The first-order valence-corrected chi connectivity index (χ1v) is 7.63. The van der Waals surface area contributed by atoms with Crippen LogP contribution in [0.3, 0.4) is 0 Å². The molecule has 0 spiro atoms. The van der Waals surface area contributed by atoms with Crippen molar-refractivity contribution in [1.29, 1.82) is 0 Å². The molecule has 20 heavy (non-hydrogen) atoms. The van der Waals surface area contributed by atoms with E-state index >= 15 is 0 Å². The largest absolute Gasteiger partial charge is 0.401 e. The van der Waals surface area contributed by atoms with Gasteiger partial charge in [-0.05, 0) is 57.7 Å². The molecular formula is C14H25F3N2O. The molecule has 0 aromatic carbocycles. The fourth-order valence-electron chi connectivity index (χ4n) is 2.56. The summed E-state index contributed by atoms with van der Waals surface area (Å²) in [6.45, 7) is 2.89. The molecule has 1 saturated heterocycles. The van der Waals surface area contributed by atoms with Crippen molar-refractivity contribution in [2.45, 2.75) is 44.3 Å². The van der Waals surface area contributed by atoms with Crippen molar-refractivity contribution in [2.24, 2.45) is 5.92 Å². The van der Waals surface area contributed by atoms with Gasteiger partial charge in [0.2, 0.25) is 0 Å². The lowest BCUT2D eigenvalue weighted by molar-refractivity contribution is -0.148. The molecule has 0 aromatic rings. The van der Waals surface area contributed by atoms with Crippen molar-refractivity contribution >= 4 is 0 Å². The molecule has 3 nitrogen and oxygen atoms in total. The number of alkyl halides is 3. The quantitative estimate of drug-likeness (QED) is 0.696. The summed E-state index contributed by atoms with van der Waals surface area (Å²) in [5, 5.41) is 3.42. The van der Waals surface area contributed by atoms with Gasteiger partial charge < -0.3 is 10.1 Å². The first-order chi connectivity index (χ1) is 9.53.